The lowest BCUT2D eigenvalue weighted by Crippen LogP contribution is -1.96. The Labute approximate surface area is 165 Å². The Balaban J connectivity index is 1.58. The van der Waals surface area contributed by atoms with E-state index in [1.807, 2.05) is 72.8 Å². The third-order valence-electron chi connectivity index (χ3n) is 4.28. The number of carbonyl (C=O) groups is 1. The van der Waals surface area contributed by atoms with Crippen molar-refractivity contribution in [2.45, 2.75) is 13.3 Å². The highest BCUT2D eigenvalue weighted by molar-refractivity contribution is 6.04. The number of allylic oxidation sites excluding steroid dienone is 1. The number of ether oxygens (including phenoxy) is 2. The number of hydrogen-bond donors (Lipinski definition) is 1. The molecule has 0 bridgehead atoms. The van der Waals surface area contributed by atoms with Crippen molar-refractivity contribution in [3.8, 4) is 17.2 Å². The van der Waals surface area contributed by atoms with Gasteiger partial charge in [0.25, 0.3) is 0 Å². The zero-order valence-corrected chi connectivity index (χ0v) is 16.0. The van der Waals surface area contributed by atoms with Crippen molar-refractivity contribution < 1.29 is 14.3 Å². The van der Waals surface area contributed by atoms with Crippen LogP contribution in [-0.4, -0.2) is 12.9 Å². The van der Waals surface area contributed by atoms with Crippen LogP contribution in [0.25, 0.3) is 0 Å². The molecule has 1 N–H and O–H groups in total. The van der Waals surface area contributed by atoms with Gasteiger partial charge in [0, 0.05) is 23.5 Å². The summed E-state index contributed by atoms with van der Waals surface area (Å²) < 4.78 is 11.1. The lowest BCUT2D eigenvalue weighted by Gasteiger charge is -2.10. The van der Waals surface area contributed by atoms with Crippen LogP contribution in [0, 0.1) is 0 Å². The topological polar surface area (TPSA) is 47.6 Å². The molecule has 0 saturated carbocycles. The number of nitrogens with one attached hydrogen (secondary N) is 1. The zero-order chi connectivity index (χ0) is 19.8. The van der Waals surface area contributed by atoms with Gasteiger partial charge in [-0.2, -0.15) is 0 Å². The smallest absolute Gasteiger partial charge is 0.187 e. The highest BCUT2D eigenvalue weighted by atomic mass is 16.5. The van der Waals surface area contributed by atoms with E-state index < -0.39 is 0 Å². The summed E-state index contributed by atoms with van der Waals surface area (Å²) in [6.07, 6.45) is 4.13. The van der Waals surface area contributed by atoms with Gasteiger partial charge in [0.1, 0.15) is 5.75 Å². The van der Waals surface area contributed by atoms with Crippen LogP contribution >= 0.6 is 0 Å². The molecule has 0 spiro atoms. The van der Waals surface area contributed by atoms with Crippen LogP contribution in [0.3, 0.4) is 0 Å². The molecule has 0 radical (unpaired) electrons. The van der Waals surface area contributed by atoms with E-state index in [-0.39, 0.29) is 5.78 Å². The van der Waals surface area contributed by atoms with E-state index in [4.69, 9.17) is 9.47 Å². The Morgan fingerprint density at radius 3 is 2.25 bits per heavy atom. The second-order valence-corrected chi connectivity index (χ2v) is 6.17. The van der Waals surface area contributed by atoms with Gasteiger partial charge >= 0.3 is 0 Å². The molecule has 0 atom stereocenters. The average Bonchev–Trinajstić information content (AvgIpc) is 2.75. The molecule has 0 aliphatic rings. The third kappa shape index (κ3) is 5.01. The van der Waals surface area contributed by atoms with Gasteiger partial charge in [-0.3, -0.25) is 4.79 Å². The first kappa shape index (κ1) is 19.2. The lowest BCUT2D eigenvalue weighted by molar-refractivity contribution is 0.104. The molecule has 3 rings (SSSR count). The van der Waals surface area contributed by atoms with Crippen molar-refractivity contribution in [1.82, 2.24) is 0 Å². The summed E-state index contributed by atoms with van der Waals surface area (Å²) in [5.74, 6) is 2.00. The molecule has 0 aromatic heterocycles. The Hall–Kier alpha value is -3.53. The second kappa shape index (κ2) is 9.42. The SMILES string of the molecule is CCc1ccc(C(=O)/C=C/Nc2ccc(Oc3ccccc3OC)cc2)cc1. The fourth-order valence-corrected chi connectivity index (χ4v) is 2.66. The number of methoxy groups -OCH3 is 1. The zero-order valence-electron chi connectivity index (χ0n) is 16.0. The van der Waals surface area contributed by atoms with Crippen molar-refractivity contribution in [2.75, 3.05) is 12.4 Å². The van der Waals surface area contributed by atoms with Crippen LogP contribution in [0.2, 0.25) is 0 Å². The summed E-state index contributed by atoms with van der Waals surface area (Å²) in [6.45, 7) is 2.09. The summed E-state index contributed by atoms with van der Waals surface area (Å²) in [5.41, 5.74) is 2.75. The quantitative estimate of drug-likeness (QED) is 0.397. The summed E-state index contributed by atoms with van der Waals surface area (Å²) >= 11 is 0. The molecule has 28 heavy (non-hydrogen) atoms. The highest BCUT2D eigenvalue weighted by Gasteiger charge is 2.04. The molecule has 0 fully saturated rings. The molecule has 142 valence electrons. The van der Waals surface area contributed by atoms with Crippen molar-refractivity contribution in [2.24, 2.45) is 0 Å². The van der Waals surface area contributed by atoms with E-state index in [0.29, 0.717) is 22.8 Å². The normalized spacial score (nSPS) is 10.6. The minimum Gasteiger partial charge on any atom is -0.493 e. The first-order valence-corrected chi connectivity index (χ1v) is 9.17. The summed E-state index contributed by atoms with van der Waals surface area (Å²) in [5, 5.41) is 3.10. The van der Waals surface area contributed by atoms with Gasteiger partial charge in [-0.25, -0.2) is 0 Å². The van der Waals surface area contributed by atoms with Crippen LogP contribution in [0.1, 0.15) is 22.8 Å². The predicted molar refractivity (Wildman–Crippen MR) is 112 cm³/mol. The Morgan fingerprint density at radius 2 is 1.61 bits per heavy atom. The van der Waals surface area contributed by atoms with Gasteiger partial charge in [0.05, 0.1) is 7.11 Å². The van der Waals surface area contributed by atoms with E-state index in [0.717, 1.165) is 12.1 Å². The molecule has 3 aromatic rings. The van der Waals surface area contributed by atoms with E-state index >= 15 is 0 Å². The van der Waals surface area contributed by atoms with Gasteiger partial charge in [-0.15, -0.1) is 0 Å². The fraction of sp³-hybridized carbons (Fsp3) is 0.125. The van der Waals surface area contributed by atoms with Gasteiger partial charge in [-0.05, 0) is 48.4 Å². The van der Waals surface area contributed by atoms with Crippen molar-refractivity contribution in [3.63, 3.8) is 0 Å². The second-order valence-electron chi connectivity index (χ2n) is 6.17. The van der Waals surface area contributed by atoms with E-state index in [1.54, 1.807) is 13.3 Å². The molecule has 0 aliphatic carbocycles. The van der Waals surface area contributed by atoms with Crippen molar-refractivity contribution in [1.29, 1.82) is 0 Å². The number of hydrogen-bond acceptors (Lipinski definition) is 4. The average molecular weight is 373 g/mol. The minimum atomic E-state index is -0.0359. The maximum atomic E-state index is 12.2. The van der Waals surface area contributed by atoms with Gasteiger partial charge < -0.3 is 14.8 Å². The van der Waals surface area contributed by atoms with Crippen molar-refractivity contribution in [3.05, 3.63) is 96.2 Å². The Kier molecular flexibility index (Phi) is 6.47. The first-order chi connectivity index (χ1) is 13.7. The molecule has 3 aromatic carbocycles. The molecule has 0 unspecified atom stereocenters. The molecule has 0 saturated heterocycles. The van der Waals surface area contributed by atoms with Gasteiger partial charge in [-0.1, -0.05) is 43.3 Å². The highest BCUT2D eigenvalue weighted by Crippen LogP contribution is 2.31. The minimum absolute atomic E-state index is 0.0359. The maximum Gasteiger partial charge on any atom is 0.187 e. The number of carbonyl (C=O) groups excluding carboxylic acids is 1. The molecular formula is C24H23NO3. The molecule has 0 heterocycles. The van der Waals surface area contributed by atoms with E-state index in [2.05, 4.69) is 12.2 Å². The maximum absolute atomic E-state index is 12.2. The fourth-order valence-electron chi connectivity index (χ4n) is 2.66. The Bertz CT molecular complexity index is 944. The summed E-state index contributed by atoms with van der Waals surface area (Å²) in [4.78, 5) is 12.2. The number of anilines is 1. The number of ketones is 1. The lowest BCUT2D eigenvalue weighted by atomic mass is 10.1. The van der Waals surface area contributed by atoms with Crippen molar-refractivity contribution >= 4 is 11.5 Å². The Morgan fingerprint density at radius 1 is 0.929 bits per heavy atom. The summed E-state index contributed by atoms with van der Waals surface area (Å²) in [6, 6.07) is 22.6. The van der Waals surface area contributed by atoms with Crippen LogP contribution in [0.15, 0.2) is 85.1 Å². The number of para-hydroxylation sites is 2. The predicted octanol–water partition coefficient (Wildman–Crippen LogP) is 5.86. The van der Waals surface area contributed by atoms with Gasteiger partial charge in [0.15, 0.2) is 17.3 Å². The van der Waals surface area contributed by atoms with Crippen LogP contribution < -0.4 is 14.8 Å². The largest absolute Gasteiger partial charge is 0.493 e. The van der Waals surface area contributed by atoms with E-state index in [9.17, 15) is 4.79 Å². The molecular weight excluding hydrogens is 350 g/mol. The standard InChI is InChI=1S/C24H23NO3/c1-3-18-8-10-19(11-9-18)22(26)16-17-25-20-12-14-21(15-13-20)28-24-7-5-4-6-23(24)27-2/h4-17,25H,3H2,1-2H3/b17-16+. The van der Waals surface area contributed by atoms with Crippen LogP contribution in [-0.2, 0) is 6.42 Å². The van der Waals surface area contributed by atoms with Gasteiger partial charge in [0.2, 0.25) is 0 Å². The molecule has 4 nitrogen and oxygen atoms in total. The third-order valence-corrected chi connectivity index (χ3v) is 4.28. The molecule has 0 amide bonds. The molecule has 0 aliphatic heterocycles. The molecule has 4 heteroatoms. The number of rotatable bonds is 8. The monoisotopic (exact) mass is 373 g/mol. The number of benzene rings is 3. The van der Waals surface area contributed by atoms with E-state index in [1.165, 1.54) is 11.6 Å². The van der Waals surface area contributed by atoms with Crippen LogP contribution in [0.4, 0.5) is 5.69 Å². The number of aryl methyl sites for hydroxylation is 1. The van der Waals surface area contributed by atoms with Crippen LogP contribution in [0.5, 0.6) is 17.2 Å². The summed E-state index contributed by atoms with van der Waals surface area (Å²) in [7, 11) is 1.61. The first-order valence-electron chi connectivity index (χ1n) is 9.17.